The maximum Gasteiger partial charge on any atom is 0.0788 e. The Hall–Kier alpha value is -0.360. The minimum absolute atomic E-state index is 0.0730. The van der Waals surface area contributed by atoms with E-state index in [4.69, 9.17) is 34.4 Å². The van der Waals surface area contributed by atoms with E-state index in [1.807, 2.05) is 27.7 Å². The van der Waals surface area contributed by atoms with Gasteiger partial charge < -0.3 is 50.1 Å². The molecule has 9 heteroatoms. The van der Waals surface area contributed by atoms with Crippen LogP contribution < -0.4 is 45.0 Å². The van der Waals surface area contributed by atoms with Crippen molar-refractivity contribution in [1.29, 1.82) is 0 Å². The Morgan fingerprint density at radius 3 is 1.54 bits per heavy atom. The molecule has 9 unspecified atom stereocenters. The van der Waals surface area contributed by atoms with Gasteiger partial charge in [-0.15, -0.1) is 0 Å². The molecule has 0 radical (unpaired) electrons. The van der Waals surface area contributed by atoms with E-state index < -0.39 is 6.10 Å². The predicted molar refractivity (Wildman–Crippen MR) is 100 cm³/mol. The lowest BCUT2D eigenvalue weighted by atomic mass is 9.97. The van der Waals surface area contributed by atoms with Gasteiger partial charge in [-0.3, -0.25) is 0 Å². The zero-order valence-corrected chi connectivity index (χ0v) is 15.5. The van der Waals surface area contributed by atoms with Gasteiger partial charge in [0.1, 0.15) is 0 Å². The first-order valence-electron chi connectivity index (χ1n) is 8.67. The molecule has 0 aliphatic heterocycles. The molecule has 0 spiro atoms. The van der Waals surface area contributed by atoms with Gasteiger partial charge in [0, 0.05) is 61.4 Å². The third-order valence-electron chi connectivity index (χ3n) is 4.48. The van der Waals surface area contributed by atoms with Gasteiger partial charge in [-0.2, -0.15) is 0 Å². The lowest BCUT2D eigenvalue weighted by Crippen LogP contribution is -2.62. The lowest BCUT2D eigenvalue weighted by molar-refractivity contribution is 0.152. The molecule has 0 amide bonds. The summed E-state index contributed by atoms with van der Waals surface area (Å²) < 4.78 is 0. The van der Waals surface area contributed by atoms with Crippen molar-refractivity contribution < 1.29 is 5.11 Å². The molecule has 15 N–H and O–H groups in total. The fraction of sp³-hybridized carbons (Fsp3) is 1.00. The molecule has 0 fully saturated rings. The van der Waals surface area contributed by atoms with Crippen molar-refractivity contribution in [1.82, 2.24) is 10.6 Å². The van der Waals surface area contributed by atoms with Crippen LogP contribution in [0.2, 0.25) is 0 Å². The molecular weight excluding hydrogens is 308 g/mol. The number of aliphatic hydroxyl groups is 1. The molecule has 0 aromatic rings. The number of nitrogens with two attached hydrogens (primary N) is 6. The Bertz CT molecular complexity index is 329. The average Bonchev–Trinajstić information content (AvgIpc) is 2.50. The van der Waals surface area contributed by atoms with Gasteiger partial charge in [0.25, 0.3) is 0 Å². The van der Waals surface area contributed by atoms with Crippen LogP contribution >= 0.6 is 0 Å². The molecule has 0 rings (SSSR count). The molecule has 0 bridgehead atoms. The normalized spacial score (nSPS) is 23.6. The first kappa shape index (κ1) is 23.6. The summed E-state index contributed by atoms with van der Waals surface area (Å²) in [6.45, 7) is 8.16. The first-order valence-corrected chi connectivity index (χ1v) is 8.67. The van der Waals surface area contributed by atoms with Crippen LogP contribution in [-0.4, -0.2) is 72.6 Å². The zero-order chi connectivity index (χ0) is 19.0. The maximum atomic E-state index is 10.1. The van der Waals surface area contributed by atoms with E-state index in [-0.39, 0.29) is 48.3 Å². The summed E-state index contributed by atoms with van der Waals surface area (Å²) in [6, 6.07) is -1.71. The van der Waals surface area contributed by atoms with Crippen LogP contribution in [-0.2, 0) is 0 Å². The SMILES string of the molecule is CC(N)C(N)C(N)C(C)NCC(O)CNC(C(C)N)C(N)C(C)N. The molecule has 0 aromatic carbocycles. The number of hydrogen-bond donors (Lipinski definition) is 9. The van der Waals surface area contributed by atoms with E-state index in [2.05, 4.69) is 10.6 Å². The maximum absolute atomic E-state index is 10.1. The van der Waals surface area contributed by atoms with E-state index in [9.17, 15) is 5.11 Å². The third kappa shape index (κ3) is 8.15. The smallest absolute Gasteiger partial charge is 0.0788 e. The van der Waals surface area contributed by atoms with Crippen LogP contribution in [0.3, 0.4) is 0 Å². The molecule has 0 aromatic heterocycles. The second-order valence-electron chi connectivity index (χ2n) is 7.09. The van der Waals surface area contributed by atoms with Gasteiger partial charge in [-0.1, -0.05) is 0 Å². The van der Waals surface area contributed by atoms with E-state index in [0.29, 0.717) is 13.1 Å². The Labute approximate surface area is 146 Å². The van der Waals surface area contributed by atoms with Crippen LogP contribution in [0.15, 0.2) is 0 Å². The molecule has 0 saturated heterocycles. The second kappa shape index (κ2) is 11.3. The van der Waals surface area contributed by atoms with Crippen molar-refractivity contribution >= 4 is 0 Å². The Kier molecular flexibility index (Phi) is 11.1. The third-order valence-corrected chi connectivity index (χ3v) is 4.48. The Balaban J connectivity index is 4.31. The Morgan fingerprint density at radius 2 is 1.12 bits per heavy atom. The number of rotatable bonds is 12. The molecule has 9 atom stereocenters. The van der Waals surface area contributed by atoms with E-state index in [1.165, 1.54) is 0 Å². The largest absolute Gasteiger partial charge is 0.390 e. The van der Waals surface area contributed by atoms with Gasteiger partial charge in [-0.25, -0.2) is 0 Å². The van der Waals surface area contributed by atoms with Crippen molar-refractivity contribution in [2.75, 3.05) is 13.1 Å². The van der Waals surface area contributed by atoms with Crippen LogP contribution in [0.4, 0.5) is 0 Å². The van der Waals surface area contributed by atoms with E-state index >= 15 is 0 Å². The van der Waals surface area contributed by atoms with Crippen LogP contribution in [0.1, 0.15) is 27.7 Å². The first-order chi connectivity index (χ1) is 11.0. The quantitative estimate of drug-likeness (QED) is 0.170. The number of aliphatic hydroxyl groups excluding tert-OH is 1. The molecule has 146 valence electrons. The van der Waals surface area contributed by atoms with Gasteiger partial charge in [-0.05, 0) is 27.7 Å². The van der Waals surface area contributed by atoms with Crippen molar-refractivity contribution in [3.63, 3.8) is 0 Å². The van der Waals surface area contributed by atoms with Crippen molar-refractivity contribution in [3.05, 3.63) is 0 Å². The molecule has 0 heterocycles. The fourth-order valence-electron chi connectivity index (χ4n) is 2.49. The van der Waals surface area contributed by atoms with Gasteiger partial charge >= 0.3 is 0 Å². The minimum atomic E-state index is -0.618. The zero-order valence-electron chi connectivity index (χ0n) is 15.5. The summed E-state index contributed by atoms with van der Waals surface area (Å²) in [5, 5.41) is 16.5. The predicted octanol–water partition coefficient (Wildman–Crippen LogP) is -3.69. The summed E-state index contributed by atoms with van der Waals surface area (Å²) >= 11 is 0. The van der Waals surface area contributed by atoms with Crippen LogP contribution in [0.25, 0.3) is 0 Å². The Morgan fingerprint density at radius 1 is 0.667 bits per heavy atom. The molecule has 0 aliphatic carbocycles. The highest BCUT2D eigenvalue weighted by molar-refractivity contribution is 4.92. The van der Waals surface area contributed by atoms with Crippen molar-refractivity contribution in [2.24, 2.45) is 34.4 Å². The highest BCUT2D eigenvalue weighted by atomic mass is 16.3. The standard InChI is InChI=1S/C15H40N8O/c1-7(16)12(19)14(21)10(4)22-5-11(24)6-23-15(9(3)18)13(20)8(2)17/h7-15,22-24H,5-6,16-21H2,1-4H3. The van der Waals surface area contributed by atoms with Gasteiger partial charge in [0.15, 0.2) is 0 Å². The molecule has 9 nitrogen and oxygen atoms in total. The number of nitrogens with one attached hydrogen (secondary N) is 2. The lowest BCUT2D eigenvalue weighted by Gasteiger charge is -2.32. The summed E-state index contributed by atoms with van der Waals surface area (Å²) in [5.41, 5.74) is 35.6. The minimum Gasteiger partial charge on any atom is -0.390 e. The molecule has 0 aliphatic rings. The summed E-state index contributed by atoms with van der Waals surface area (Å²) in [7, 11) is 0. The second-order valence-corrected chi connectivity index (χ2v) is 7.09. The van der Waals surface area contributed by atoms with E-state index in [1.54, 1.807) is 0 Å². The summed E-state index contributed by atoms with van der Waals surface area (Å²) in [4.78, 5) is 0. The van der Waals surface area contributed by atoms with Crippen molar-refractivity contribution in [2.45, 2.75) is 82.1 Å². The summed E-state index contributed by atoms with van der Waals surface area (Å²) in [6.07, 6.45) is -0.618. The van der Waals surface area contributed by atoms with Crippen molar-refractivity contribution in [3.8, 4) is 0 Å². The van der Waals surface area contributed by atoms with Gasteiger partial charge in [0.05, 0.1) is 6.10 Å². The molecule has 0 saturated carbocycles. The topological polar surface area (TPSA) is 200 Å². The highest BCUT2D eigenvalue weighted by Crippen LogP contribution is 2.01. The van der Waals surface area contributed by atoms with Gasteiger partial charge in [0.2, 0.25) is 0 Å². The molecular formula is C15H40N8O. The monoisotopic (exact) mass is 348 g/mol. The number of hydrogen-bond acceptors (Lipinski definition) is 9. The van der Waals surface area contributed by atoms with E-state index in [0.717, 1.165) is 0 Å². The highest BCUT2D eigenvalue weighted by Gasteiger charge is 2.26. The fourth-order valence-corrected chi connectivity index (χ4v) is 2.49. The summed E-state index contributed by atoms with van der Waals surface area (Å²) in [5.74, 6) is 0. The molecule has 24 heavy (non-hydrogen) atoms. The average molecular weight is 349 g/mol. The van der Waals surface area contributed by atoms with Crippen LogP contribution in [0, 0.1) is 0 Å². The van der Waals surface area contributed by atoms with Crippen LogP contribution in [0.5, 0.6) is 0 Å².